The number of nitrogens with zero attached hydrogens (tertiary/aromatic N) is 1. The second kappa shape index (κ2) is 8.91. The standard InChI is InChI=1S/C20H17ClNO5P/c21-17-13-11-16(12-14-17)20(15-22(23)24)28(25,26-18-7-3-1-4-8-18)27-19-9-5-2-6-10-19/h1-14,20H,15H2/t20-/m0/s1. The van der Waals surface area contributed by atoms with Crippen molar-refractivity contribution in [1.29, 1.82) is 0 Å². The molecular weight excluding hydrogens is 401 g/mol. The summed E-state index contributed by atoms with van der Waals surface area (Å²) in [5, 5.41) is 11.8. The molecule has 0 aliphatic rings. The molecule has 0 saturated heterocycles. The summed E-state index contributed by atoms with van der Waals surface area (Å²) >= 11 is 5.93. The highest BCUT2D eigenvalue weighted by Crippen LogP contribution is 2.60. The monoisotopic (exact) mass is 417 g/mol. The zero-order chi connectivity index (χ0) is 20.0. The van der Waals surface area contributed by atoms with Crippen LogP contribution in [0.4, 0.5) is 0 Å². The minimum absolute atomic E-state index is 0.295. The smallest absolute Gasteiger partial charge is 0.415 e. The van der Waals surface area contributed by atoms with Crippen molar-refractivity contribution >= 4 is 19.2 Å². The van der Waals surface area contributed by atoms with Gasteiger partial charge in [0.2, 0.25) is 6.54 Å². The fourth-order valence-corrected chi connectivity index (χ4v) is 4.74. The highest BCUT2D eigenvalue weighted by atomic mass is 35.5. The Bertz CT molecular complexity index is 921. The molecule has 3 aromatic rings. The summed E-state index contributed by atoms with van der Waals surface area (Å²) in [7, 11) is -4.05. The van der Waals surface area contributed by atoms with E-state index in [4.69, 9.17) is 20.6 Å². The average Bonchev–Trinajstić information content (AvgIpc) is 2.68. The SMILES string of the molecule is O=[N+]([O-])C[C@@H](c1ccc(Cl)cc1)P(=O)(Oc1ccccc1)Oc1ccccc1. The van der Waals surface area contributed by atoms with Crippen molar-refractivity contribution in [1.82, 2.24) is 0 Å². The molecular formula is C20H17ClNO5P. The van der Waals surface area contributed by atoms with Gasteiger partial charge in [0.05, 0.1) is 0 Å². The molecule has 0 amide bonds. The van der Waals surface area contributed by atoms with Gasteiger partial charge in [-0.2, -0.15) is 0 Å². The lowest BCUT2D eigenvalue weighted by Crippen LogP contribution is -2.18. The van der Waals surface area contributed by atoms with Crippen LogP contribution in [0.15, 0.2) is 84.9 Å². The first kappa shape index (κ1) is 19.9. The van der Waals surface area contributed by atoms with Gasteiger partial charge in [-0.3, -0.25) is 10.1 Å². The van der Waals surface area contributed by atoms with Gasteiger partial charge in [-0.25, -0.2) is 4.57 Å². The number of rotatable bonds is 8. The molecule has 0 spiro atoms. The van der Waals surface area contributed by atoms with E-state index in [1.807, 2.05) is 0 Å². The van der Waals surface area contributed by atoms with Crippen LogP contribution in [0, 0.1) is 10.1 Å². The molecule has 6 nitrogen and oxygen atoms in total. The zero-order valence-corrected chi connectivity index (χ0v) is 16.3. The van der Waals surface area contributed by atoms with Gasteiger partial charge in [-0.15, -0.1) is 0 Å². The Morgan fingerprint density at radius 1 is 0.857 bits per heavy atom. The van der Waals surface area contributed by atoms with Crippen LogP contribution in [0.5, 0.6) is 11.5 Å². The summed E-state index contributed by atoms with van der Waals surface area (Å²) in [4.78, 5) is 10.8. The van der Waals surface area contributed by atoms with E-state index in [2.05, 4.69) is 0 Å². The van der Waals surface area contributed by atoms with E-state index < -0.39 is 24.7 Å². The topological polar surface area (TPSA) is 78.7 Å². The van der Waals surface area contributed by atoms with E-state index in [0.717, 1.165) is 0 Å². The lowest BCUT2D eigenvalue weighted by atomic mass is 10.1. The van der Waals surface area contributed by atoms with Gasteiger partial charge in [0, 0.05) is 9.95 Å². The molecule has 0 aromatic heterocycles. The Kier molecular flexibility index (Phi) is 6.34. The van der Waals surface area contributed by atoms with Gasteiger partial charge in [0.15, 0.2) is 5.66 Å². The van der Waals surface area contributed by atoms with Crippen LogP contribution in [0.2, 0.25) is 5.02 Å². The molecule has 0 aliphatic carbocycles. The van der Waals surface area contributed by atoms with Crippen LogP contribution in [-0.2, 0) is 4.57 Å². The van der Waals surface area contributed by atoms with Crippen LogP contribution in [0.1, 0.15) is 11.2 Å². The number of nitro groups is 1. The lowest BCUT2D eigenvalue weighted by Gasteiger charge is -2.25. The quantitative estimate of drug-likeness (QED) is 0.255. The Morgan fingerprint density at radius 2 is 1.32 bits per heavy atom. The molecule has 0 fully saturated rings. The highest BCUT2D eigenvalue weighted by molar-refractivity contribution is 7.55. The minimum atomic E-state index is -4.05. The van der Waals surface area contributed by atoms with Crippen molar-refractivity contribution in [3.63, 3.8) is 0 Å². The highest BCUT2D eigenvalue weighted by Gasteiger charge is 2.44. The van der Waals surface area contributed by atoms with Crippen molar-refractivity contribution < 1.29 is 18.5 Å². The molecule has 0 N–H and O–H groups in total. The maximum atomic E-state index is 13.9. The molecule has 8 heteroatoms. The second-order valence-electron chi connectivity index (χ2n) is 5.93. The van der Waals surface area contributed by atoms with Crippen LogP contribution < -0.4 is 9.05 Å². The largest absolute Gasteiger partial charge is 0.444 e. The van der Waals surface area contributed by atoms with Gasteiger partial charge in [-0.05, 0) is 42.0 Å². The molecule has 3 rings (SSSR count). The number of halogens is 1. The van der Waals surface area contributed by atoms with E-state index in [9.17, 15) is 14.7 Å². The molecule has 144 valence electrons. The first-order chi connectivity index (χ1) is 13.5. The first-order valence-electron chi connectivity index (χ1n) is 8.42. The van der Waals surface area contributed by atoms with Crippen LogP contribution in [-0.4, -0.2) is 11.5 Å². The normalized spacial score (nSPS) is 12.2. The predicted octanol–water partition coefficient (Wildman–Crippen LogP) is 6.01. The second-order valence-corrected chi connectivity index (χ2v) is 8.44. The first-order valence-corrected chi connectivity index (χ1v) is 10.4. The van der Waals surface area contributed by atoms with Crippen molar-refractivity contribution in [2.75, 3.05) is 6.54 Å². The van der Waals surface area contributed by atoms with Crippen molar-refractivity contribution in [3.8, 4) is 11.5 Å². The lowest BCUT2D eigenvalue weighted by molar-refractivity contribution is -0.480. The van der Waals surface area contributed by atoms with E-state index in [0.29, 0.717) is 22.1 Å². The molecule has 0 radical (unpaired) electrons. The third kappa shape index (κ3) is 5.12. The van der Waals surface area contributed by atoms with Crippen LogP contribution >= 0.6 is 19.2 Å². The summed E-state index contributed by atoms with van der Waals surface area (Å²) in [6.45, 7) is -0.626. The molecule has 0 unspecified atom stereocenters. The Hall–Kier alpha value is -2.82. The molecule has 0 saturated carbocycles. The van der Waals surface area contributed by atoms with Gasteiger partial charge in [0.25, 0.3) is 0 Å². The number of hydrogen-bond donors (Lipinski definition) is 0. The fourth-order valence-electron chi connectivity index (χ4n) is 2.62. The van der Waals surface area contributed by atoms with Gasteiger partial charge in [0.1, 0.15) is 11.5 Å². The van der Waals surface area contributed by atoms with E-state index in [-0.39, 0.29) is 0 Å². The third-order valence-corrected chi connectivity index (χ3v) is 6.32. The Labute approximate surface area is 167 Å². The fraction of sp³-hybridized carbons (Fsp3) is 0.100. The van der Waals surface area contributed by atoms with Crippen molar-refractivity contribution in [2.45, 2.75) is 5.66 Å². The summed E-state index contributed by atoms with van der Waals surface area (Å²) in [6, 6.07) is 23.2. The molecule has 3 aromatic carbocycles. The minimum Gasteiger partial charge on any atom is -0.415 e. The molecule has 28 heavy (non-hydrogen) atoms. The molecule has 1 atom stereocenters. The summed E-state index contributed by atoms with van der Waals surface area (Å²) in [5.41, 5.74) is -0.684. The maximum absolute atomic E-state index is 13.9. The van der Waals surface area contributed by atoms with Crippen molar-refractivity contribution in [2.24, 2.45) is 0 Å². The van der Waals surface area contributed by atoms with Gasteiger partial charge in [-0.1, -0.05) is 60.1 Å². The third-order valence-electron chi connectivity index (χ3n) is 3.91. The van der Waals surface area contributed by atoms with Crippen LogP contribution in [0.3, 0.4) is 0 Å². The van der Waals surface area contributed by atoms with E-state index in [1.54, 1.807) is 84.9 Å². The summed E-state index contributed by atoms with van der Waals surface area (Å²) in [6.07, 6.45) is 0. The Balaban J connectivity index is 2.06. The van der Waals surface area contributed by atoms with Crippen molar-refractivity contribution in [3.05, 3.63) is 106 Å². The summed E-state index contributed by atoms with van der Waals surface area (Å²) in [5.74, 6) is 0.591. The average molecular weight is 418 g/mol. The van der Waals surface area contributed by atoms with E-state index >= 15 is 0 Å². The molecule has 0 heterocycles. The number of benzene rings is 3. The Morgan fingerprint density at radius 3 is 1.75 bits per heavy atom. The van der Waals surface area contributed by atoms with Gasteiger partial charge >= 0.3 is 7.60 Å². The van der Waals surface area contributed by atoms with E-state index in [1.165, 1.54) is 0 Å². The summed E-state index contributed by atoms with van der Waals surface area (Å²) < 4.78 is 25.4. The predicted molar refractivity (Wildman–Crippen MR) is 108 cm³/mol. The van der Waals surface area contributed by atoms with Gasteiger partial charge < -0.3 is 9.05 Å². The molecule has 0 bridgehead atoms. The zero-order valence-electron chi connectivity index (χ0n) is 14.7. The number of para-hydroxylation sites is 2. The number of hydrogen-bond acceptors (Lipinski definition) is 5. The maximum Gasteiger partial charge on any atom is 0.444 e. The molecule has 0 aliphatic heterocycles. The van der Waals surface area contributed by atoms with Crippen LogP contribution in [0.25, 0.3) is 0 Å².